The Morgan fingerprint density at radius 3 is 2.36 bits per heavy atom. The minimum absolute atomic E-state index is 0.00111. The molecule has 0 aliphatic rings. The first kappa shape index (κ1) is 8.24. The molecule has 0 radical (unpaired) electrons. The first-order valence-corrected chi connectivity index (χ1v) is 3.59. The van der Waals surface area contributed by atoms with E-state index >= 15 is 0 Å². The van der Waals surface area contributed by atoms with Crippen molar-refractivity contribution in [3.8, 4) is 0 Å². The molecular weight excluding hydrogens is 140 g/mol. The number of hydrogen-bond acceptors (Lipinski definition) is 2. The molecule has 0 fully saturated rings. The smallest absolute Gasteiger partial charge is 0.115 e. The molecule has 0 aliphatic carbocycles. The van der Waals surface area contributed by atoms with Crippen LogP contribution in [0.15, 0.2) is 30.3 Å². The quantitative estimate of drug-likeness (QED) is 0.489. The Morgan fingerprint density at radius 2 is 1.82 bits per heavy atom. The molecule has 0 aliphatic heterocycles. The SMILES string of the molecule is COOC(C)c1ccccc1. The molecule has 0 bridgehead atoms. The predicted octanol–water partition coefficient (Wildman–Crippen LogP) is 2.33. The van der Waals surface area contributed by atoms with Crippen LogP contribution in [0.5, 0.6) is 0 Å². The van der Waals surface area contributed by atoms with Gasteiger partial charge < -0.3 is 0 Å². The molecule has 11 heavy (non-hydrogen) atoms. The van der Waals surface area contributed by atoms with E-state index < -0.39 is 0 Å². The van der Waals surface area contributed by atoms with Crippen LogP contribution in [0.3, 0.4) is 0 Å². The molecule has 1 atom stereocenters. The minimum atomic E-state index is 0.00111. The lowest BCUT2D eigenvalue weighted by Gasteiger charge is -2.08. The Bertz CT molecular complexity index is 196. The third-order valence-corrected chi connectivity index (χ3v) is 1.51. The van der Waals surface area contributed by atoms with Crippen molar-refractivity contribution in [3.05, 3.63) is 35.9 Å². The zero-order valence-electron chi connectivity index (χ0n) is 6.78. The Morgan fingerprint density at radius 1 is 1.18 bits per heavy atom. The van der Waals surface area contributed by atoms with Gasteiger partial charge in [-0.25, -0.2) is 9.78 Å². The highest BCUT2D eigenvalue weighted by Gasteiger charge is 2.03. The third kappa shape index (κ3) is 2.33. The van der Waals surface area contributed by atoms with Crippen molar-refractivity contribution in [1.82, 2.24) is 0 Å². The van der Waals surface area contributed by atoms with Gasteiger partial charge in [-0.1, -0.05) is 30.3 Å². The molecule has 60 valence electrons. The zero-order valence-corrected chi connectivity index (χ0v) is 6.78. The van der Waals surface area contributed by atoms with E-state index in [2.05, 4.69) is 4.89 Å². The lowest BCUT2D eigenvalue weighted by atomic mass is 10.1. The lowest BCUT2D eigenvalue weighted by Crippen LogP contribution is -1.97. The second kappa shape index (κ2) is 4.11. The van der Waals surface area contributed by atoms with E-state index in [9.17, 15) is 0 Å². The van der Waals surface area contributed by atoms with Gasteiger partial charge in [0.1, 0.15) is 6.10 Å². The molecule has 2 nitrogen and oxygen atoms in total. The molecule has 1 aromatic carbocycles. The van der Waals surface area contributed by atoms with Gasteiger partial charge >= 0.3 is 0 Å². The minimum Gasteiger partial charge on any atom is -0.239 e. The molecule has 0 heterocycles. The highest BCUT2D eigenvalue weighted by atomic mass is 17.2. The lowest BCUT2D eigenvalue weighted by molar-refractivity contribution is -0.303. The van der Waals surface area contributed by atoms with Crippen LogP contribution < -0.4 is 0 Å². The van der Waals surface area contributed by atoms with E-state index in [1.807, 2.05) is 37.3 Å². The van der Waals surface area contributed by atoms with Crippen molar-refractivity contribution in [2.75, 3.05) is 7.11 Å². The summed E-state index contributed by atoms with van der Waals surface area (Å²) in [6.07, 6.45) is 0.00111. The summed E-state index contributed by atoms with van der Waals surface area (Å²) in [4.78, 5) is 9.49. The van der Waals surface area contributed by atoms with E-state index in [0.29, 0.717) is 0 Å². The van der Waals surface area contributed by atoms with Crippen molar-refractivity contribution in [2.24, 2.45) is 0 Å². The Balaban J connectivity index is 2.61. The molecule has 2 heteroatoms. The monoisotopic (exact) mass is 152 g/mol. The molecule has 1 unspecified atom stereocenters. The van der Waals surface area contributed by atoms with Crippen LogP contribution in [0.25, 0.3) is 0 Å². The maximum Gasteiger partial charge on any atom is 0.115 e. The second-order valence-electron chi connectivity index (χ2n) is 2.32. The summed E-state index contributed by atoms with van der Waals surface area (Å²) in [5.41, 5.74) is 1.12. The Labute approximate surface area is 66.7 Å². The van der Waals surface area contributed by atoms with Gasteiger partial charge in [0, 0.05) is 0 Å². The van der Waals surface area contributed by atoms with Crippen LogP contribution >= 0.6 is 0 Å². The van der Waals surface area contributed by atoms with Crippen LogP contribution in [0.2, 0.25) is 0 Å². The highest BCUT2D eigenvalue weighted by Crippen LogP contribution is 2.14. The molecule has 0 amide bonds. The number of benzene rings is 1. The molecule has 0 aromatic heterocycles. The predicted molar refractivity (Wildman–Crippen MR) is 43.0 cm³/mol. The van der Waals surface area contributed by atoms with Gasteiger partial charge in [-0.05, 0) is 12.5 Å². The summed E-state index contributed by atoms with van der Waals surface area (Å²) in [6.45, 7) is 1.94. The topological polar surface area (TPSA) is 18.5 Å². The molecule has 1 rings (SSSR count). The Kier molecular flexibility index (Phi) is 3.08. The average molecular weight is 152 g/mol. The molecular formula is C9H12O2. The normalized spacial score (nSPS) is 12.9. The fraction of sp³-hybridized carbons (Fsp3) is 0.333. The van der Waals surface area contributed by atoms with Crippen molar-refractivity contribution in [3.63, 3.8) is 0 Å². The summed E-state index contributed by atoms with van der Waals surface area (Å²) >= 11 is 0. The van der Waals surface area contributed by atoms with E-state index in [1.54, 1.807) is 0 Å². The molecule has 0 N–H and O–H groups in total. The summed E-state index contributed by atoms with van der Waals surface area (Å²) in [7, 11) is 1.51. The van der Waals surface area contributed by atoms with Crippen LogP contribution in [-0.4, -0.2) is 7.11 Å². The molecule has 0 saturated carbocycles. The van der Waals surface area contributed by atoms with Gasteiger partial charge in [0.25, 0.3) is 0 Å². The molecule has 0 saturated heterocycles. The number of rotatable bonds is 3. The zero-order chi connectivity index (χ0) is 8.10. The van der Waals surface area contributed by atoms with E-state index in [1.165, 1.54) is 7.11 Å². The van der Waals surface area contributed by atoms with Crippen molar-refractivity contribution >= 4 is 0 Å². The third-order valence-electron chi connectivity index (χ3n) is 1.51. The fourth-order valence-electron chi connectivity index (χ4n) is 0.924. The van der Waals surface area contributed by atoms with Crippen molar-refractivity contribution in [2.45, 2.75) is 13.0 Å². The first-order chi connectivity index (χ1) is 5.34. The Hall–Kier alpha value is -0.860. The first-order valence-electron chi connectivity index (χ1n) is 3.59. The van der Waals surface area contributed by atoms with Crippen LogP contribution in [0, 0.1) is 0 Å². The average Bonchev–Trinajstić information content (AvgIpc) is 2.07. The van der Waals surface area contributed by atoms with Gasteiger partial charge in [0.05, 0.1) is 7.11 Å². The van der Waals surface area contributed by atoms with E-state index in [-0.39, 0.29) is 6.10 Å². The summed E-state index contributed by atoms with van der Waals surface area (Å²) in [5.74, 6) is 0. The molecule has 0 spiro atoms. The second-order valence-corrected chi connectivity index (χ2v) is 2.32. The van der Waals surface area contributed by atoms with Gasteiger partial charge in [0.15, 0.2) is 0 Å². The largest absolute Gasteiger partial charge is 0.239 e. The highest BCUT2D eigenvalue weighted by molar-refractivity contribution is 5.16. The maximum absolute atomic E-state index is 4.93. The fourth-order valence-corrected chi connectivity index (χ4v) is 0.924. The summed E-state index contributed by atoms with van der Waals surface area (Å²) in [6, 6.07) is 9.94. The van der Waals surface area contributed by atoms with E-state index in [0.717, 1.165) is 5.56 Å². The van der Waals surface area contributed by atoms with Crippen LogP contribution in [-0.2, 0) is 9.78 Å². The standard InChI is InChI=1S/C9H12O2/c1-8(11-10-2)9-6-4-3-5-7-9/h3-8H,1-2H3. The van der Waals surface area contributed by atoms with Crippen molar-refractivity contribution in [1.29, 1.82) is 0 Å². The number of hydrogen-bond donors (Lipinski definition) is 0. The van der Waals surface area contributed by atoms with E-state index in [4.69, 9.17) is 4.89 Å². The van der Waals surface area contributed by atoms with Gasteiger partial charge in [-0.3, -0.25) is 0 Å². The summed E-state index contributed by atoms with van der Waals surface area (Å²) < 4.78 is 0. The molecule has 1 aromatic rings. The summed E-state index contributed by atoms with van der Waals surface area (Å²) in [5, 5.41) is 0. The van der Waals surface area contributed by atoms with Gasteiger partial charge in [0.2, 0.25) is 0 Å². The van der Waals surface area contributed by atoms with Crippen LogP contribution in [0.4, 0.5) is 0 Å². The van der Waals surface area contributed by atoms with Crippen molar-refractivity contribution < 1.29 is 9.78 Å². The van der Waals surface area contributed by atoms with Gasteiger partial charge in [-0.15, -0.1) is 0 Å². The van der Waals surface area contributed by atoms with Gasteiger partial charge in [-0.2, -0.15) is 0 Å². The maximum atomic E-state index is 4.93. The van der Waals surface area contributed by atoms with Crippen LogP contribution in [0.1, 0.15) is 18.6 Å².